The van der Waals surface area contributed by atoms with E-state index >= 15 is 0 Å². The van der Waals surface area contributed by atoms with E-state index in [4.69, 9.17) is 5.73 Å². The highest BCUT2D eigenvalue weighted by Gasteiger charge is 2.17. The monoisotopic (exact) mass is 268 g/mol. The lowest BCUT2D eigenvalue weighted by Gasteiger charge is -2.06. The Balaban J connectivity index is 2.45. The highest BCUT2D eigenvalue weighted by molar-refractivity contribution is 7.85. The largest absolute Gasteiger partial charge is 0.399 e. The Morgan fingerprint density at radius 1 is 1.44 bits per heavy atom. The van der Waals surface area contributed by atoms with E-state index in [2.05, 4.69) is 0 Å². The second-order valence-corrected chi connectivity index (χ2v) is 5.48. The van der Waals surface area contributed by atoms with Crippen molar-refractivity contribution in [1.82, 2.24) is 4.57 Å². The summed E-state index contributed by atoms with van der Waals surface area (Å²) < 4.78 is 35.4. The van der Waals surface area contributed by atoms with E-state index in [9.17, 15) is 13.0 Å². The number of nitrogen functional groups attached to an aromatic ring is 1. The third-order valence-corrected chi connectivity index (χ3v) is 3.48. The number of anilines is 1. The van der Waals surface area contributed by atoms with Crippen LogP contribution in [0, 0.1) is 0 Å². The standard InChI is InChI=1S/C11H13N3O3S/c1-13-4-5-14(8-13)7-9-2-3-10(12)6-11(9)18(15,16)17/h2-6,8H,7,12H2,1H3/p+1. The highest BCUT2D eigenvalue weighted by atomic mass is 32.2. The lowest BCUT2D eigenvalue weighted by atomic mass is 10.2. The Hall–Kier alpha value is -1.86. The SMILES string of the molecule is Cn1cc[n+](Cc2ccc(N)cc2S(=O)(=O)O)c1. The van der Waals surface area contributed by atoms with Crippen LogP contribution in [0.1, 0.15) is 5.56 Å². The van der Waals surface area contributed by atoms with Gasteiger partial charge >= 0.3 is 0 Å². The molecule has 6 nitrogen and oxygen atoms in total. The first-order chi connectivity index (χ1) is 8.36. The van der Waals surface area contributed by atoms with Crippen LogP contribution in [0.4, 0.5) is 5.69 Å². The van der Waals surface area contributed by atoms with Gasteiger partial charge in [0.2, 0.25) is 6.33 Å². The number of imidazole rings is 1. The normalized spacial score (nSPS) is 11.7. The van der Waals surface area contributed by atoms with E-state index < -0.39 is 10.1 Å². The topological polar surface area (TPSA) is 89.2 Å². The van der Waals surface area contributed by atoms with Gasteiger partial charge in [0.1, 0.15) is 23.8 Å². The summed E-state index contributed by atoms with van der Waals surface area (Å²) in [5.41, 5.74) is 6.32. The lowest BCUT2D eigenvalue weighted by Crippen LogP contribution is -2.32. The van der Waals surface area contributed by atoms with Crippen molar-refractivity contribution in [3.8, 4) is 0 Å². The predicted octanol–water partition coefficient (Wildman–Crippen LogP) is 0.190. The molecular formula is C11H14N3O3S+. The lowest BCUT2D eigenvalue weighted by molar-refractivity contribution is -0.688. The molecule has 96 valence electrons. The van der Waals surface area contributed by atoms with Gasteiger partial charge in [0.15, 0.2) is 0 Å². The second kappa shape index (κ2) is 4.43. The van der Waals surface area contributed by atoms with E-state index in [1.165, 1.54) is 6.07 Å². The third-order valence-electron chi connectivity index (χ3n) is 2.55. The molecule has 0 amide bonds. The summed E-state index contributed by atoms with van der Waals surface area (Å²) in [6, 6.07) is 4.46. The van der Waals surface area contributed by atoms with Crippen LogP contribution < -0.4 is 10.3 Å². The zero-order valence-electron chi connectivity index (χ0n) is 9.81. The molecule has 0 aliphatic heterocycles. The minimum absolute atomic E-state index is 0.154. The molecule has 1 aromatic carbocycles. The maximum atomic E-state index is 11.3. The van der Waals surface area contributed by atoms with Crippen LogP contribution in [0.25, 0.3) is 0 Å². The first-order valence-corrected chi connectivity index (χ1v) is 6.67. The van der Waals surface area contributed by atoms with Crippen molar-refractivity contribution in [2.75, 3.05) is 5.73 Å². The summed E-state index contributed by atoms with van der Waals surface area (Å²) in [7, 11) is -2.41. The third kappa shape index (κ3) is 2.69. The first kappa shape index (κ1) is 12.6. The average molecular weight is 268 g/mol. The minimum Gasteiger partial charge on any atom is -0.399 e. The van der Waals surface area contributed by atoms with Crippen molar-refractivity contribution in [2.24, 2.45) is 7.05 Å². The van der Waals surface area contributed by atoms with E-state index in [0.29, 0.717) is 17.8 Å². The summed E-state index contributed by atoms with van der Waals surface area (Å²) in [5.74, 6) is 0. The zero-order valence-corrected chi connectivity index (χ0v) is 10.6. The Bertz CT molecular complexity index is 677. The zero-order chi connectivity index (χ0) is 13.3. The van der Waals surface area contributed by atoms with Crippen LogP contribution >= 0.6 is 0 Å². The van der Waals surface area contributed by atoms with Gasteiger partial charge in [-0.2, -0.15) is 8.42 Å². The number of aryl methyl sites for hydroxylation is 1. The van der Waals surface area contributed by atoms with E-state index in [1.54, 1.807) is 16.7 Å². The highest BCUT2D eigenvalue weighted by Crippen LogP contribution is 2.18. The number of benzene rings is 1. The van der Waals surface area contributed by atoms with E-state index in [-0.39, 0.29) is 4.90 Å². The van der Waals surface area contributed by atoms with Gasteiger partial charge in [-0.1, -0.05) is 6.07 Å². The summed E-state index contributed by atoms with van der Waals surface area (Å²) in [6.45, 7) is 0.343. The van der Waals surface area contributed by atoms with Crippen LogP contribution in [0.2, 0.25) is 0 Å². The van der Waals surface area contributed by atoms with Crippen LogP contribution in [-0.2, 0) is 23.7 Å². The number of aromatic nitrogens is 2. The molecule has 0 aliphatic rings. The molecule has 3 N–H and O–H groups in total. The van der Waals surface area contributed by atoms with Gasteiger partial charge in [0, 0.05) is 11.3 Å². The van der Waals surface area contributed by atoms with Gasteiger partial charge in [-0.05, 0) is 12.1 Å². The van der Waals surface area contributed by atoms with Gasteiger partial charge in [0.25, 0.3) is 10.1 Å². The molecule has 0 fully saturated rings. The molecule has 0 saturated carbocycles. The Kier molecular flexibility index (Phi) is 3.10. The molecule has 0 unspecified atom stereocenters. The van der Waals surface area contributed by atoms with Crippen LogP contribution in [0.5, 0.6) is 0 Å². The molecule has 18 heavy (non-hydrogen) atoms. The van der Waals surface area contributed by atoms with E-state index in [1.807, 2.05) is 30.3 Å². The van der Waals surface area contributed by atoms with Crippen LogP contribution in [-0.4, -0.2) is 17.5 Å². The van der Waals surface area contributed by atoms with Crippen molar-refractivity contribution in [1.29, 1.82) is 0 Å². The summed E-state index contributed by atoms with van der Waals surface area (Å²) in [4.78, 5) is -0.154. The molecule has 0 atom stereocenters. The molecule has 2 aromatic rings. The number of hydrogen-bond donors (Lipinski definition) is 2. The molecular weight excluding hydrogens is 254 g/mol. The van der Waals surface area contributed by atoms with E-state index in [0.717, 1.165) is 0 Å². The van der Waals surface area contributed by atoms with Crippen molar-refractivity contribution in [3.63, 3.8) is 0 Å². The first-order valence-electron chi connectivity index (χ1n) is 5.23. The van der Waals surface area contributed by atoms with Gasteiger partial charge in [-0.15, -0.1) is 0 Å². The van der Waals surface area contributed by atoms with Crippen molar-refractivity contribution < 1.29 is 17.5 Å². The fourth-order valence-corrected chi connectivity index (χ4v) is 2.48. The molecule has 0 spiro atoms. The van der Waals surface area contributed by atoms with Gasteiger partial charge < -0.3 is 5.73 Å². The average Bonchev–Trinajstić information content (AvgIpc) is 2.65. The predicted molar refractivity (Wildman–Crippen MR) is 65.4 cm³/mol. The summed E-state index contributed by atoms with van der Waals surface area (Å²) in [6.07, 6.45) is 5.46. The molecule has 0 aliphatic carbocycles. The smallest absolute Gasteiger partial charge is 0.295 e. The Morgan fingerprint density at radius 3 is 2.72 bits per heavy atom. The summed E-state index contributed by atoms with van der Waals surface area (Å²) in [5, 5.41) is 0. The van der Waals surface area contributed by atoms with Gasteiger partial charge in [-0.25, -0.2) is 9.13 Å². The quantitative estimate of drug-likeness (QED) is 0.472. The van der Waals surface area contributed by atoms with Crippen molar-refractivity contribution in [2.45, 2.75) is 11.4 Å². The maximum absolute atomic E-state index is 11.3. The van der Waals surface area contributed by atoms with Crippen molar-refractivity contribution >= 4 is 15.8 Å². The molecule has 0 saturated heterocycles. The van der Waals surface area contributed by atoms with Gasteiger partial charge in [-0.3, -0.25) is 4.55 Å². The van der Waals surface area contributed by atoms with Crippen LogP contribution in [0.3, 0.4) is 0 Å². The van der Waals surface area contributed by atoms with Crippen molar-refractivity contribution in [3.05, 3.63) is 42.5 Å². The number of rotatable bonds is 3. The number of hydrogen-bond acceptors (Lipinski definition) is 3. The molecule has 2 rings (SSSR count). The maximum Gasteiger partial charge on any atom is 0.295 e. The molecule has 0 radical (unpaired) electrons. The number of nitrogens with two attached hydrogens (primary N) is 1. The fraction of sp³-hybridized carbons (Fsp3) is 0.182. The molecule has 1 aromatic heterocycles. The molecule has 0 bridgehead atoms. The Labute approximate surface area is 105 Å². The Morgan fingerprint density at radius 2 is 2.17 bits per heavy atom. The fourth-order valence-electron chi connectivity index (χ4n) is 1.73. The minimum atomic E-state index is -4.27. The molecule has 7 heteroatoms. The van der Waals surface area contributed by atoms with Gasteiger partial charge in [0.05, 0.1) is 7.05 Å². The second-order valence-electron chi connectivity index (χ2n) is 4.09. The molecule has 1 heterocycles. The summed E-state index contributed by atoms with van der Waals surface area (Å²) >= 11 is 0. The number of nitrogens with zero attached hydrogens (tertiary/aromatic N) is 2. The van der Waals surface area contributed by atoms with Crippen LogP contribution in [0.15, 0.2) is 41.8 Å².